The van der Waals surface area contributed by atoms with Crippen molar-refractivity contribution in [1.82, 2.24) is 24.8 Å². The van der Waals surface area contributed by atoms with Gasteiger partial charge in [-0.3, -0.25) is 9.58 Å². The van der Waals surface area contributed by atoms with E-state index in [1.807, 2.05) is 6.20 Å². The molecule has 1 saturated heterocycles. The van der Waals surface area contributed by atoms with Gasteiger partial charge in [-0.15, -0.1) is 0 Å². The topological polar surface area (TPSA) is 86.0 Å². The van der Waals surface area contributed by atoms with Crippen LogP contribution in [0.5, 0.6) is 0 Å². The van der Waals surface area contributed by atoms with Crippen molar-refractivity contribution in [2.75, 3.05) is 13.1 Å². The van der Waals surface area contributed by atoms with Crippen LogP contribution in [-0.2, 0) is 19.6 Å². The van der Waals surface area contributed by atoms with E-state index in [4.69, 9.17) is 10.3 Å². The Balaban J connectivity index is 1.46. The quantitative estimate of drug-likeness (QED) is 0.882. The first-order valence-electron chi connectivity index (χ1n) is 7.46. The second-order valence-electron chi connectivity index (χ2n) is 5.77. The molecule has 0 amide bonds. The van der Waals surface area contributed by atoms with E-state index < -0.39 is 0 Å². The van der Waals surface area contributed by atoms with Crippen LogP contribution in [0, 0.1) is 12.8 Å². The molecule has 3 rings (SSSR count). The number of nitrogens with two attached hydrogens (primary N) is 1. The van der Waals surface area contributed by atoms with Crippen LogP contribution in [0.15, 0.2) is 16.9 Å². The molecule has 2 N–H and O–H groups in total. The van der Waals surface area contributed by atoms with E-state index in [0.717, 1.165) is 32.0 Å². The molecular weight excluding hydrogens is 268 g/mol. The first-order chi connectivity index (χ1) is 10.2. The number of aromatic nitrogens is 4. The average molecular weight is 290 g/mol. The Labute approximate surface area is 124 Å². The zero-order valence-electron chi connectivity index (χ0n) is 12.4. The number of nitrogens with zero attached hydrogens (tertiary/aromatic N) is 5. The number of hydrogen-bond acceptors (Lipinski definition) is 6. The molecule has 7 heteroatoms. The van der Waals surface area contributed by atoms with Gasteiger partial charge in [0.05, 0.1) is 19.3 Å². The lowest BCUT2D eigenvalue weighted by Crippen LogP contribution is -2.34. The summed E-state index contributed by atoms with van der Waals surface area (Å²) < 4.78 is 7.09. The highest BCUT2D eigenvalue weighted by atomic mass is 16.5. The molecule has 0 saturated carbocycles. The Morgan fingerprint density at radius 3 is 2.81 bits per heavy atom. The Kier molecular flexibility index (Phi) is 4.31. The highest BCUT2D eigenvalue weighted by Crippen LogP contribution is 2.20. The molecule has 0 atom stereocenters. The van der Waals surface area contributed by atoms with Crippen molar-refractivity contribution in [2.45, 2.75) is 39.4 Å². The highest BCUT2D eigenvalue weighted by Gasteiger charge is 2.21. The number of rotatable bonds is 5. The second kappa shape index (κ2) is 6.36. The summed E-state index contributed by atoms with van der Waals surface area (Å²) in [5.74, 6) is 1.94. The van der Waals surface area contributed by atoms with E-state index in [-0.39, 0.29) is 0 Å². The fourth-order valence-electron chi connectivity index (χ4n) is 2.80. The lowest BCUT2D eigenvalue weighted by molar-refractivity contribution is 0.160. The summed E-state index contributed by atoms with van der Waals surface area (Å²) in [4.78, 5) is 6.62. The summed E-state index contributed by atoms with van der Waals surface area (Å²) in [7, 11) is 0. The smallest absolute Gasteiger partial charge is 0.240 e. The highest BCUT2D eigenvalue weighted by molar-refractivity contribution is 4.99. The summed E-state index contributed by atoms with van der Waals surface area (Å²) >= 11 is 0. The number of hydrogen-bond donors (Lipinski definition) is 1. The fraction of sp³-hybridized carbons (Fsp3) is 0.643. The molecule has 21 heavy (non-hydrogen) atoms. The Morgan fingerprint density at radius 1 is 1.38 bits per heavy atom. The zero-order valence-corrected chi connectivity index (χ0v) is 12.4. The second-order valence-corrected chi connectivity index (χ2v) is 5.77. The van der Waals surface area contributed by atoms with Gasteiger partial charge in [-0.05, 0) is 44.3 Å². The Bertz CT molecular complexity index is 570. The van der Waals surface area contributed by atoms with Crippen LogP contribution in [0.1, 0.15) is 30.1 Å². The van der Waals surface area contributed by atoms with Gasteiger partial charge in [-0.1, -0.05) is 5.16 Å². The maximum Gasteiger partial charge on any atom is 0.240 e. The van der Waals surface area contributed by atoms with E-state index in [2.05, 4.69) is 37.9 Å². The first-order valence-corrected chi connectivity index (χ1v) is 7.46. The molecule has 1 aliphatic heterocycles. The Hall–Kier alpha value is -1.73. The van der Waals surface area contributed by atoms with Crippen LogP contribution in [0.4, 0.5) is 0 Å². The molecule has 0 spiro atoms. The van der Waals surface area contributed by atoms with E-state index in [1.165, 1.54) is 18.4 Å². The molecule has 3 heterocycles. The van der Waals surface area contributed by atoms with Crippen molar-refractivity contribution in [3.05, 3.63) is 29.7 Å². The molecule has 2 aromatic heterocycles. The minimum Gasteiger partial charge on any atom is -0.338 e. The standard InChI is InChI=1S/C14H22N6O/c1-11-7-16-20(8-11)9-12-2-4-19(5-3-12)10-13-17-14(6-15)21-18-13/h7-8,12H,2-6,9-10,15H2,1H3. The number of aryl methyl sites for hydroxylation is 1. The van der Waals surface area contributed by atoms with Crippen molar-refractivity contribution in [3.8, 4) is 0 Å². The molecule has 0 unspecified atom stereocenters. The summed E-state index contributed by atoms with van der Waals surface area (Å²) in [6, 6.07) is 0. The van der Waals surface area contributed by atoms with Gasteiger partial charge >= 0.3 is 0 Å². The Morgan fingerprint density at radius 2 is 2.19 bits per heavy atom. The minimum absolute atomic E-state index is 0.304. The van der Waals surface area contributed by atoms with E-state index >= 15 is 0 Å². The van der Waals surface area contributed by atoms with Crippen LogP contribution in [0.3, 0.4) is 0 Å². The molecule has 0 radical (unpaired) electrons. The number of piperidine rings is 1. The first kappa shape index (κ1) is 14.2. The molecule has 7 nitrogen and oxygen atoms in total. The normalized spacial score (nSPS) is 17.4. The largest absolute Gasteiger partial charge is 0.338 e. The number of likely N-dealkylation sites (tertiary alicyclic amines) is 1. The third-order valence-corrected chi connectivity index (χ3v) is 3.96. The zero-order chi connectivity index (χ0) is 14.7. The fourth-order valence-corrected chi connectivity index (χ4v) is 2.80. The van der Waals surface area contributed by atoms with Crippen LogP contribution < -0.4 is 5.73 Å². The lowest BCUT2D eigenvalue weighted by Gasteiger charge is -2.30. The van der Waals surface area contributed by atoms with Crippen molar-refractivity contribution < 1.29 is 4.52 Å². The molecular formula is C14H22N6O. The predicted octanol–water partition coefficient (Wildman–Crippen LogP) is 0.945. The molecule has 1 fully saturated rings. The molecule has 0 aromatic carbocycles. The maximum atomic E-state index is 5.47. The SMILES string of the molecule is Cc1cnn(CC2CCN(Cc3noc(CN)n3)CC2)c1. The van der Waals surface area contributed by atoms with Gasteiger partial charge in [-0.25, -0.2) is 0 Å². The lowest BCUT2D eigenvalue weighted by atomic mass is 9.97. The average Bonchev–Trinajstić information content (AvgIpc) is 3.10. The van der Waals surface area contributed by atoms with Crippen LogP contribution in [0.2, 0.25) is 0 Å². The summed E-state index contributed by atoms with van der Waals surface area (Å²) in [5, 5.41) is 8.32. The third-order valence-electron chi connectivity index (χ3n) is 3.96. The van der Waals surface area contributed by atoms with Gasteiger partial charge in [0.2, 0.25) is 5.89 Å². The monoisotopic (exact) mass is 290 g/mol. The van der Waals surface area contributed by atoms with Crippen molar-refractivity contribution in [1.29, 1.82) is 0 Å². The minimum atomic E-state index is 0.304. The van der Waals surface area contributed by atoms with Crippen LogP contribution in [-0.4, -0.2) is 37.9 Å². The van der Waals surface area contributed by atoms with Crippen molar-refractivity contribution >= 4 is 0 Å². The predicted molar refractivity (Wildman–Crippen MR) is 77.2 cm³/mol. The molecule has 0 aliphatic carbocycles. The third kappa shape index (κ3) is 3.68. The van der Waals surface area contributed by atoms with Gasteiger partial charge in [0.25, 0.3) is 0 Å². The van der Waals surface area contributed by atoms with Gasteiger partial charge in [0, 0.05) is 12.7 Å². The van der Waals surface area contributed by atoms with Gasteiger partial charge in [-0.2, -0.15) is 10.1 Å². The van der Waals surface area contributed by atoms with E-state index in [0.29, 0.717) is 18.4 Å². The maximum absolute atomic E-state index is 5.47. The van der Waals surface area contributed by atoms with E-state index in [1.54, 1.807) is 0 Å². The molecule has 2 aromatic rings. The summed E-state index contributed by atoms with van der Waals surface area (Å²) in [5.41, 5.74) is 6.69. The molecule has 114 valence electrons. The summed E-state index contributed by atoms with van der Waals surface area (Å²) in [6.45, 7) is 6.28. The van der Waals surface area contributed by atoms with Crippen molar-refractivity contribution in [3.63, 3.8) is 0 Å². The van der Waals surface area contributed by atoms with E-state index in [9.17, 15) is 0 Å². The molecule has 0 bridgehead atoms. The van der Waals surface area contributed by atoms with Gasteiger partial charge in [0.15, 0.2) is 5.82 Å². The van der Waals surface area contributed by atoms with Gasteiger partial charge < -0.3 is 10.3 Å². The molecule has 1 aliphatic rings. The van der Waals surface area contributed by atoms with Gasteiger partial charge in [0.1, 0.15) is 0 Å². The van der Waals surface area contributed by atoms with Crippen LogP contribution >= 0.6 is 0 Å². The summed E-state index contributed by atoms with van der Waals surface area (Å²) in [6.07, 6.45) is 6.39. The van der Waals surface area contributed by atoms with Crippen LogP contribution in [0.25, 0.3) is 0 Å². The van der Waals surface area contributed by atoms with Crippen molar-refractivity contribution in [2.24, 2.45) is 11.7 Å².